The van der Waals surface area contributed by atoms with Crippen LogP contribution in [0.2, 0.25) is 0 Å². The van der Waals surface area contributed by atoms with Crippen LogP contribution < -0.4 is 5.32 Å². The highest BCUT2D eigenvalue weighted by atomic mass is 32.2. The lowest BCUT2D eigenvalue weighted by Gasteiger charge is -2.17. The molecule has 2 aromatic carbocycles. The number of esters is 1. The first kappa shape index (κ1) is 18.5. The van der Waals surface area contributed by atoms with E-state index in [-0.39, 0.29) is 18.6 Å². The molecule has 136 valence electrons. The zero-order chi connectivity index (χ0) is 18.2. The van der Waals surface area contributed by atoms with Crippen molar-refractivity contribution in [3.8, 4) is 0 Å². The van der Waals surface area contributed by atoms with Gasteiger partial charge in [-0.2, -0.15) is 0 Å². The molecule has 0 aliphatic heterocycles. The number of carbonyl (C=O) groups is 2. The molecule has 0 radical (unpaired) electrons. The first-order chi connectivity index (χ1) is 12.7. The molecule has 1 aliphatic carbocycles. The molecule has 0 bridgehead atoms. The van der Waals surface area contributed by atoms with Gasteiger partial charge in [0.15, 0.2) is 6.61 Å². The highest BCUT2D eigenvalue weighted by Gasteiger charge is 2.25. The molecule has 0 unspecified atom stereocenters. The van der Waals surface area contributed by atoms with Gasteiger partial charge in [0.25, 0.3) is 5.91 Å². The summed E-state index contributed by atoms with van der Waals surface area (Å²) in [7, 11) is 0. The van der Waals surface area contributed by atoms with Crippen molar-refractivity contribution in [1.82, 2.24) is 5.32 Å². The molecule has 0 saturated heterocycles. The van der Waals surface area contributed by atoms with Gasteiger partial charge in [0.05, 0.1) is 0 Å². The summed E-state index contributed by atoms with van der Waals surface area (Å²) < 4.78 is 5.33. The Hall–Kier alpha value is -2.27. The van der Waals surface area contributed by atoms with Crippen molar-refractivity contribution in [2.45, 2.75) is 41.9 Å². The summed E-state index contributed by atoms with van der Waals surface area (Å²) in [5.41, 5.74) is 0.863. The van der Waals surface area contributed by atoms with E-state index in [4.69, 9.17) is 4.74 Å². The lowest BCUT2D eigenvalue weighted by molar-refractivity contribution is -0.148. The zero-order valence-electron chi connectivity index (χ0n) is 14.6. The minimum atomic E-state index is -0.502. The highest BCUT2D eigenvalue weighted by Crippen LogP contribution is 2.36. The first-order valence-corrected chi connectivity index (χ1v) is 9.83. The van der Waals surface area contributed by atoms with Gasteiger partial charge in [0.2, 0.25) is 0 Å². The predicted molar refractivity (Wildman–Crippen MR) is 103 cm³/mol. The quantitative estimate of drug-likeness (QED) is 0.589. The number of hydrogen-bond donors (Lipinski definition) is 1. The molecule has 1 atom stereocenters. The number of carbonyl (C=O) groups excluding carboxylic acids is 2. The van der Waals surface area contributed by atoms with Gasteiger partial charge in [-0.05, 0) is 30.5 Å². The number of ether oxygens (including phenoxy) is 1. The second-order valence-electron chi connectivity index (χ2n) is 6.38. The van der Waals surface area contributed by atoms with Crippen molar-refractivity contribution in [2.24, 2.45) is 0 Å². The smallest absolute Gasteiger partial charge is 0.324 e. The summed E-state index contributed by atoms with van der Waals surface area (Å²) >= 11 is 1.43. The number of rotatable bonds is 7. The maximum Gasteiger partial charge on any atom is 0.324 e. The molecule has 0 heterocycles. The number of amides is 1. The van der Waals surface area contributed by atoms with Crippen molar-refractivity contribution in [3.63, 3.8) is 0 Å². The monoisotopic (exact) mass is 369 g/mol. The Morgan fingerprint density at radius 3 is 2.27 bits per heavy atom. The van der Waals surface area contributed by atoms with E-state index in [1.54, 1.807) is 0 Å². The standard InChI is InChI=1S/C21H23NO3S/c23-19(22-17-11-7-8-12-17)15-25-21(24)20(16-9-3-1-4-10-16)26-18-13-5-2-6-14-18/h1-6,9-10,13-14,17,20H,7-8,11-12,15H2,(H,22,23)/t20-/m0/s1. The highest BCUT2D eigenvalue weighted by molar-refractivity contribution is 8.00. The molecule has 1 saturated carbocycles. The molecule has 1 aliphatic rings. The van der Waals surface area contributed by atoms with Crippen LogP contribution in [-0.2, 0) is 14.3 Å². The normalized spacial score (nSPS) is 15.4. The van der Waals surface area contributed by atoms with Crippen LogP contribution in [0.25, 0.3) is 0 Å². The fourth-order valence-corrected chi connectivity index (χ4v) is 4.11. The Morgan fingerprint density at radius 1 is 1.00 bits per heavy atom. The van der Waals surface area contributed by atoms with Crippen LogP contribution in [-0.4, -0.2) is 24.5 Å². The second kappa shape index (κ2) is 9.43. The predicted octanol–water partition coefficient (Wildman–Crippen LogP) is 4.12. The lowest BCUT2D eigenvalue weighted by atomic mass is 10.1. The van der Waals surface area contributed by atoms with Gasteiger partial charge in [-0.25, -0.2) is 0 Å². The summed E-state index contributed by atoms with van der Waals surface area (Å²) in [6.45, 7) is -0.228. The van der Waals surface area contributed by atoms with Crippen LogP contribution in [0.15, 0.2) is 65.6 Å². The maximum atomic E-state index is 12.7. The Balaban J connectivity index is 1.62. The third-order valence-electron chi connectivity index (χ3n) is 4.38. The third kappa shape index (κ3) is 5.36. The summed E-state index contributed by atoms with van der Waals surface area (Å²) in [6.07, 6.45) is 4.31. The average molecular weight is 369 g/mol. The van der Waals surface area contributed by atoms with E-state index in [0.29, 0.717) is 0 Å². The topological polar surface area (TPSA) is 55.4 Å². The summed E-state index contributed by atoms with van der Waals surface area (Å²) in [6, 6.07) is 19.5. The maximum absolute atomic E-state index is 12.7. The molecule has 5 heteroatoms. The van der Waals surface area contributed by atoms with Crippen molar-refractivity contribution in [1.29, 1.82) is 0 Å². The largest absolute Gasteiger partial charge is 0.454 e. The Morgan fingerprint density at radius 2 is 1.62 bits per heavy atom. The molecule has 0 spiro atoms. The van der Waals surface area contributed by atoms with Gasteiger partial charge in [0, 0.05) is 10.9 Å². The molecule has 4 nitrogen and oxygen atoms in total. The second-order valence-corrected chi connectivity index (χ2v) is 7.56. The summed E-state index contributed by atoms with van der Waals surface area (Å²) in [5.74, 6) is -0.617. The summed E-state index contributed by atoms with van der Waals surface area (Å²) in [5, 5.41) is 2.44. The van der Waals surface area contributed by atoms with Crippen molar-refractivity contribution in [3.05, 3.63) is 66.2 Å². The van der Waals surface area contributed by atoms with E-state index in [1.807, 2.05) is 60.7 Å². The van der Waals surface area contributed by atoms with Crippen LogP contribution >= 0.6 is 11.8 Å². The molecular formula is C21H23NO3S. The molecule has 1 amide bonds. The van der Waals surface area contributed by atoms with E-state index in [2.05, 4.69) is 5.32 Å². The van der Waals surface area contributed by atoms with Gasteiger partial charge in [-0.15, -0.1) is 11.8 Å². The third-order valence-corrected chi connectivity index (χ3v) is 5.62. The minimum absolute atomic E-state index is 0.221. The van der Waals surface area contributed by atoms with Crippen LogP contribution in [0.3, 0.4) is 0 Å². The Labute approximate surface area is 158 Å². The number of nitrogens with one attached hydrogen (secondary N) is 1. The minimum Gasteiger partial charge on any atom is -0.454 e. The Kier molecular flexibility index (Phi) is 6.72. The fourth-order valence-electron chi connectivity index (χ4n) is 3.07. The number of thioether (sulfide) groups is 1. The van der Waals surface area contributed by atoms with E-state index < -0.39 is 11.2 Å². The van der Waals surface area contributed by atoms with Crippen molar-refractivity contribution < 1.29 is 14.3 Å². The van der Waals surface area contributed by atoms with E-state index in [9.17, 15) is 9.59 Å². The molecule has 0 aromatic heterocycles. The van der Waals surface area contributed by atoms with E-state index in [1.165, 1.54) is 11.8 Å². The van der Waals surface area contributed by atoms with Crippen molar-refractivity contribution >= 4 is 23.6 Å². The van der Waals surface area contributed by atoms with E-state index >= 15 is 0 Å². The van der Waals surface area contributed by atoms with Gasteiger partial charge < -0.3 is 10.1 Å². The van der Waals surface area contributed by atoms with Crippen LogP contribution in [0.4, 0.5) is 0 Å². The zero-order valence-corrected chi connectivity index (χ0v) is 15.4. The van der Waals surface area contributed by atoms with Crippen LogP contribution in [0.5, 0.6) is 0 Å². The molecular weight excluding hydrogens is 346 g/mol. The molecule has 1 fully saturated rings. The molecule has 1 N–H and O–H groups in total. The SMILES string of the molecule is O=C(COC(=O)[C@@H](Sc1ccccc1)c1ccccc1)NC1CCCC1. The number of benzene rings is 2. The first-order valence-electron chi connectivity index (χ1n) is 8.95. The van der Waals surface area contributed by atoms with Gasteiger partial charge >= 0.3 is 5.97 Å². The molecule has 3 rings (SSSR count). The number of hydrogen-bond acceptors (Lipinski definition) is 4. The molecule has 26 heavy (non-hydrogen) atoms. The van der Waals surface area contributed by atoms with Crippen molar-refractivity contribution in [2.75, 3.05) is 6.61 Å². The van der Waals surface area contributed by atoms with Crippen LogP contribution in [0, 0.1) is 0 Å². The lowest BCUT2D eigenvalue weighted by Crippen LogP contribution is -2.36. The van der Waals surface area contributed by atoms with Gasteiger partial charge in [0.1, 0.15) is 5.25 Å². The fraction of sp³-hybridized carbons (Fsp3) is 0.333. The Bertz CT molecular complexity index is 715. The van der Waals surface area contributed by atoms with Gasteiger partial charge in [-0.3, -0.25) is 9.59 Å². The summed E-state index contributed by atoms with van der Waals surface area (Å²) in [4.78, 5) is 25.7. The van der Waals surface area contributed by atoms with Crippen LogP contribution in [0.1, 0.15) is 36.5 Å². The average Bonchev–Trinajstić information content (AvgIpc) is 3.19. The van der Waals surface area contributed by atoms with Gasteiger partial charge in [-0.1, -0.05) is 61.4 Å². The van der Waals surface area contributed by atoms with E-state index in [0.717, 1.165) is 36.1 Å². The molecule has 2 aromatic rings.